The average molecular weight is 403 g/mol. The molecular weight excluding hydrogens is 382 g/mol. The first-order valence-electron chi connectivity index (χ1n) is 9.67. The van der Waals surface area contributed by atoms with Crippen molar-refractivity contribution < 1.29 is 14.3 Å². The third-order valence-electron chi connectivity index (χ3n) is 4.88. The van der Waals surface area contributed by atoms with Crippen LogP contribution in [-0.4, -0.2) is 43.6 Å². The van der Waals surface area contributed by atoms with Crippen molar-refractivity contribution >= 4 is 22.7 Å². The molecule has 30 heavy (non-hydrogen) atoms. The Bertz CT molecular complexity index is 1210. The van der Waals surface area contributed by atoms with Crippen LogP contribution in [0.2, 0.25) is 0 Å². The highest BCUT2D eigenvalue weighted by Crippen LogP contribution is 2.22. The standard InChI is InChI=1S/C22H21N5O3/c1-3-15-5-4-6-17-18(11-23-21(15)17)19(28)13-30-20(29)12-27-25-22(24-26-27)16-9-7-14(2)8-10-16/h4-11,23H,3,12-13H2,1-2H3. The van der Waals surface area contributed by atoms with Gasteiger partial charge in [-0.25, -0.2) is 4.79 Å². The summed E-state index contributed by atoms with van der Waals surface area (Å²) in [5, 5.41) is 12.9. The van der Waals surface area contributed by atoms with Crippen molar-refractivity contribution in [2.45, 2.75) is 26.8 Å². The molecule has 4 aromatic rings. The third kappa shape index (κ3) is 3.98. The summed E-state index contributed by atoms with van der Waals surface area (Å²) in [7, 11) is 0. The Balaban J connectivity index is 1.37. The number of hydrogen-bond acceptors (Lipinski definition) is 6. The van der Waals surface area contributed by atoms with Gasteiger partial charge >= 0.3 is 5.97 Å². The Morgan fingerprint density at radius 3 is 2.70 bits per heavy atom. The summed E-state index contributed by atoms with van der Waals surface area (Å²) in [5.74, 6) is -0.454. The predicted octanol–water partition coefficient (Wildman–Crippen LogP) is 3.12. The molecule has 0 spiro atoms. The fourth-order valence-corrected chi connectivity index (χ4v) is 3.26. The van der Waals surface area contributed by atoms with E-state index in [0.717, 1.165) is 38.8 Å². The zero-order valence-corrected chi connectivity index (χ0v) is 16.8. The smallest absolute Gasteiger partial charge is 0.330 e. The van der Waals surface area contributed by atoms with Crippen molar-refractivity contribution in [3.8, 4) is 11.4 Å². The number of H-pyrrole nitrogens is 1. The molecule has 0 fully saturated rings. The quantitative estimate of drug-likeness (QED) is 0.376. The van der Waals surface area contributed by atoms with E-state index >= 15 is 0 Å². The van der Waals surface area contributed by atoms with Crippen LogP contribution in [0.15, 0.2) is 48.7 Å². The number of ketones is 1. The number of Topliss-reactive ketones (excluding diaryl/α,β-unsaturated/α-hetero) is 1. The number of rotatable bonds is 7. The number of nitrogens with one attached hydrogen (secondary N) is 1. The van der Waals surface area contributed by atoms with E-state index in [1.165, 1.54) is 0 Å². The number of fused-ring (bicyclic) bond motifs is 1. The molecule has 2 aromatic heterocycles. The molecule has 8 nitrogen and oxygen atoms in total. The number of carbonyl (C=O) groups is 2. The van der Waals surface area contributed by atoms with Crippen LogP contribution in [0, 0.1) is 6.92 Å². The maximum Gasteiger partial charge on any atom is 0.330 e. The fourth-order valence-electron chi connectivity index (χ4n) is 3.26. The lowest BCUT2D eigenvalue weighted by Crippen LogP contribution is -2.19. The second-order valence-corrected chi connectivity index (χ2v) is 6.99. The largest absolute Gasteiger partial charge is 0.456 e. The minimum Gasteiger partial charge on any atom is -0.456 e. The number of hydrogen-bond donors (Lipinski definition) is 1. The van der Waals surface area contributed by atoms with E-state index in [4.69, 9.17) is 4.74 Å². The minimum absolute atomic E-state index is 0.222. The zero-order valence-electron chi connectivity index (χ0n) is 16.8. The highest BCUT2D eigenvalue weighted by molar-refractivity contribution is 6.09. The Kier molecular flexibility index (Phi) is 5.38. The van der Waals surface area contributed by atoms with Crippen molar-refractivity contribution in [1.82, 2.24) is 25.2 Å². The summed E-state index contributed by atoms with van der Waals surface area (Å²) in [6, 6.07) is 13.5. The Labute approximate surface area is 172 Å². The number of aromatic nitrogens is 5. The Morgan fingerprint density at radius 1 is 1.13 bits per heavy atom. The van der Waals surface area contributed by atoms with Gasteiger partial charge in [-0.1, -0.05) is 55.0 Å². The number of aromatic amines is 1. The van der Waals surface area contributed by atoms with Crippen LogP contribution in [0.25, 0.3) is 22.3 Å². The number of nitrogens with zero attached hydrogens (tertiary/aromatic N) is 4. The fraction of sp³-hybridized carbons (Fsp3) is 0.227. The van der Waals surface area contributed by atoms with Crippen molar-refractivity contribution in [2.75, 3.05) is 6.61 Å². The van der Waals surface area contributed by atoms with Crippen molar-refractivity contribution in [2.24, 2.45) is 0 Å². The summed E-state index contributed by atoms with van der Waals surface area (Å²) in [6.07, 6.45) is 2.52. The van der Waals surface area contributed by atoms with Crippen LogP contribution in [0.3, 0.4) is 0 Å². The first-order valence-corrected chi connectivity index (χ1v) is 9.67. The predicted molar refractivity (Wildman–Crippen MR) is 111 cm³/mol. The lowest BCUT2D eigenvalue weighted by Gasteiger charge is -2.04. The second-order valence-electron chi connectivity index (χ2n) is 6.99. The van der Waals surface area contributed by atoms with E-state index in [1.807, 2.05) is 49.4 Å². The average Bonchev–Trinajstić information content (AvgIpc) is 3.39. The molecule has 0 aliphatic rings. The summed E-state index contributed by atoms with van der Waals surface area (Å²) < 4.78 is 5.14. The van der Waals surface area contributed by atoms with Gasteiger partial charge in [-0.05, 0) is 24.1 Å². The summed E-state index contributed by atoms with van der Waals surface area (Å²) in [5.41, 5.74) is 4.51. The number of benzene rings is 2. The molecule has 0 aliphatic carbocycles. The van der Waals surface area contributed by atoms with Crippen molar-refractivity contribution in [1.29, 1.82) is 0 Å². The summed E-state index contributed by atoms with van der Waals surface area (Å²) >= 11 is 0. The maximum atomic E-state index is 12.5. The maximum absolute atomic E-state index is 12.5. The highest BCUT2D eigenvalue weighted by atomic mass is 16.5. The van der Waals surface area contributed by atoms with Crippen molar-refractivity contribution in [3.05, 3.63) is 65.4 Å². The first kappa shape index (κ1) is 19.5. The van der Waals surface area contributed by atoms with Crippen LogP contribution < -0.4 is 0 Å². The molecule has 4 rings (SSSR count). The van der Waals surface area contributed by atoms with Gasteiger partial charge in [-0.3, -0.25) is 4.79 Å². The lowest BCUT2D eigenvalue weighted by atomic mass is 10.1. The number of ether oxygens (including phenoxy) is 1. The molecular formula is C22H21N5O3. The van der Waals surface area contributed by atoms with Gasteiger partial charge in [-0.2, -0.15) is 4.80 Å². The zero-order chi connectivity index (χ0) is 21.1. The molecule has 0 bridgehead atoms. The molecule has 8 heteroatoms. The highest BCUT2D eigenvalue weighted by Gasteiger charge is 2.16. The number of tetrazole rings is 1. The molecule has 2 heterocycles. The molecule has 0 saturated heterocycles. The number of esters is 1. The molecule has 0 amide bonds. The molecule has 0 saturated carbocycles. The number of carbonyl (C=O) groups excluding carboxylic acids is 2. The van der Waals surface area contributed by atoms with E-state index in [2.05, 4.69) is 27.3 Å². The molecule has 2 aromatic carbocycles. The Hall–Kier alpha value is -3.81. The van der Waals surface area contributed by atoms with Gasteiger partial charge in [0.05, 0.1) is 0 Å². The Morgan fingerprint density at radius 2 is 1.93 bits per heavy atom. The summed E-state index contributed by atoms with van der Waals surface area (Å²) in [6.45, 7) is 3.48. The van der Waals surface area contributed by atoms with E-state index in [1.54, 1.807) is 6.20 Å². The normalized spacial score (nSPS) is 11.0. The monoisotopic (exact) mass is 403 g/mol. The molecule has 152 valence electrons. The van der Waals surface area contributed by atoms with Gasteiger partial charge in [0, 0.05) is 28.2 Å². The van der Waals surface area contributed by atoms with Gasteiger partial charge in [0.25, 0.3) is 0 Å². The molecule has 1 N–H and O–H groups in total. The molecule has 0 aliphatic heterocycles. The van der Waals surface area contributed by atoms with Crippen LogP contribution in [0.1, 0.15) is 28.4 Å². The van der Waals surface area contributed by atoms with Gasteiger partial charge in [-0.15, -0.1) is 10.2 Å². The van der Waals surface area contributed by atoms with Gasteiger partial charge in [0.2, 0.25) is 11.6 Å². The van der Waals surface area contributed by atoms with Crippen LogP contribution in [0.5, 0.6) is 0 Å². The van der Waals surface area contributed by atoms with E-state index in [9.17, 15) is 9.59 Å². The molecule has 0 radical (unpaired) electrons. The SMILES string of the molecule is CCc1cccc2c(C(=O)COC(=O)Cn3nnc(-c4ccc(C)cc4)n3)c[nH]c12. The van der Waals surface area contributed by atoms with E-state index in [0.29, 0.717) is 11.4 Å². The van der Waals surface area contributed by atoms with Crippen molar-refractivity contribution in [3.63, 3.8) is 0 Å². The van der Waals surface area contributed by atoms with Gasteiger partial charge in [0.1, 0.15) is 0 Å². The first-order chi connectivity index (χ1) is 14.5. The number of aryl methyl sites for hydroxylation is 2. The van der Waals surface area contributed by atoms with Crippen LogP contribution in [-0.2, 0) is 22.5 Å². The van der Waals surface area contributed by atoms with Crippen LogP contribution in [0.4, 0.5) is 0 Å². The minimum atomic E-state index is -0.606. The number of para-hydroxylation sites is 1. The van der Waals surface area contributed by atoms with E-state index in [-0.39, 0.29) is 18.9 Å². The second kappa shape index (κ2) is 8.28. The van der Waals surface area contributed by atoms with Gasteiger partial charge < -0.3 is 9.72 Å². The molecule has 0 unspecified atom stereocenters. The van der Waals surface area contributed by atoms with Gasteiger partial charge in [0.15, 0.2) is 13.2 Å². The van der Waals surface area contributed by atoms with Crippen LogP contribution >= 0.6 is 0 Å². The summed E-state index contributed by atoms with van der Waals surface area (Å²) in [4.78, 5) is 29.0. The van der Waals surface area contributed by atoms with E-state index < -0.39 is 5.97 Å². The third-order valence-corrected chi connectivity index (χ3v) is 4.88. The lowest BCUT2D eigenvalue weighted by molar-refractivity contribution is -0.143. The molecule has 0 atom stereocenters. The topological polar surface area (TPSA) is 103 Å².